The summed E-state index contributed by atoms with van der Waals surface area (Å²) in [5, 5.41) is 3.26. The molecule has 0 heterocycles. The molecule has 1 N–H and O–H groups in total. The molecule has 0 saturated carbocycles. The van der Waals surface area contributed by atoms with Gasteiger partial charge in [-0.15, -0.1) is 0 Å². The number of halogens is 1. The van der Waals surface area contributed by atoms with E-state index >= 15 is 0 Å². The predicted octanol–water partition coefficient (Wildman–Crippen LogP) is 4.73. The van der Waals surface area contributed by atoms with E-state index in [1.165, 1.54) is 42.7 Å². The lowest BCUT2D eigenvalue weighted by atomic mass is 10.1. The number of anilines is 2. The Morgan fingerprint density at radius 3 is 2.33 bits per heavy atom. The molecular weight excluding hydrogens is 424 g/mol. The van der Waals surface area contributed by atoms with Crippen molar-refractivity contribution in [3.8, 4) is 5.75 Å². The summed E-state index contributed by atoms with van der Waals surface area (Å²) in [5.41, 5.74) is 2.06. The number of carbonyl (C=O) groups is 1. The van der Waals surface area contributed by atoms with Gasteiger partial charge in [-0.1, -0.05) is 23.7 Å². The van der Waals surface area contributed by atoms with E-state index in [0.717, 1.165) is 0 Å². The third-order valence-electron chi connectivity index (χ3n) is 4.63. The molecule has 0 aliphatic heterocycles. The number of para-hydroxylation sites is 2. The molecule has 0 aromatic heterocycles. The fraction of sp³-hybridized carbons (Fsp3) is 0.136. The number of benzene rings is 3. The zero-order valence-electron chi connectivity index (χ0n) is 16.7. The second-order valence-corrected chi connectivity index (χ2v) is 8.99. The maximum absolute atomic E-state index is 12.9. The van der Waals surface area contributed by atoms with Crippen LogP contribution in [0.5, 0.6) is 5.75 Å². The number of carbonyl (C=O) groups excluding carboxylic acids is 1. The molecule has 0 unspecified atom stereocenters. The third kappa shape index (κ3) is 4.42. The monoisotopic (exact) mass is 444 g/mol. The van der Waals surface area contributed by atoms with Crippen molar-refractivity contribution in [3.63, 3.8) is 0 Å². The van der Waals surface area contributed by atoms with Crippen LogP contribution in [0.4, 0.5) is 11.4 Å². The van der Waals surface area contributed by atoms with E-state index in [1.54, 1.807) is 43.3 Å². The average molecular weight is 445 g/mol. The van der Waals surface area contributed by atoms with Crippen molar-refractivity contribution in [2.45, 2.75) is 11.8 Å². The Bertz CT molecular complexity index is 1180. The molecule has 0 bridgehead atoms. The van der Waals surface area contributed by atoms with Crippen LogP contribution in [0.3, 0.4) is 0 Å². The summed E-state index contributed by atoms with van der Waals surface area (Å²) < 4.78 is 32.3. The van der Waals surface area contributed by atoms with Crippen LogP contribution in [0.2, 0.25) is 5.02 Å². The Balaban J connectivity index is 1.85. The summed E-state index contributed by atoms with van der Waals surface area (Å²) in [6.45, 7) is 1.75. The number of ether oxygens (including phenoxy) is 1. The standard InChI is InChI=1S/C22H21ClN2O4S/c1-15-14-16(22(26)24-19-6-4-5-7-21(19)29-3)8-13-20(15)25(2)30(27,28)18-11-9-17(23)10-12-18/h4-14H,1-3H3,(H,24,26). The van der Waals surface area contributed by atoms with E-state index in [0.29, 0.717) is 33.3 Å². The Kier molecular flexibility index (Phi) is 6.34. The Morgan fingerprint density at radius 1 is 1.03 bits per heavy atom. The first-order chi connectivity index (χ1) is 14.2. The van der Waals surface area contributed by atoms with Gasteiger partial charge < -0.3 is 10.1 Å². The van der Waals surface area contributed by atoms with E-state index in [-0.39, 0.29) is 10.8 Å². The first kappa shape index (κ1) is 21.7. The molecule has 6 nitrogen and oxygen atoms in total. The summed E-state index contributed by atoms with van der Waals surface area (Å²) in [5.74, 6) is 0.227. The minimum atomic E-state index is -3.76. The second-order valence-electron chi connectivity index (χ2n) is 6.58. The highest BCUT2D eigenvalue weighted by Gasteiger charge is 2.23. The number of hydrogen-bond donors (Lipinski definition) is 1. The van der Waals surface area contributed by atoms with Crippen LogP contribution >= 0.6 is 11.6 Å². The van der Waals surface area contributed by atoms with Gasteiger partial charge in [-0.3, -0.25) is 9.10 Å². The highest BCUT2D eigenvalue weighted by molar-refractivity contribution is 7.92. The highest BCUT2D eigenvalue weighted by atomic mass is 35.5. The number of rotatable bonds is 6. The number of aryl methyl sites for hydroxylation is 1. The van der Waals surface area contributed by atoms with Crippen LogP contribution in [-0.4, -0.2) is 28.5 Å². The molecule has 0 saturated heterocycles. The Morgan fingerprint density at radius 2 is 1.70 bits per heavy atom. The summed E-state index contributed by atoms with van der Waals surface area (Å²) in [7, 11) is -0.763. The van der Waals surface area contributed by atoms with E-state index < -0.39 is 10.0 Å². The van der Waals surface area contributed by atoms with E-state index in [9.17, 15) is 13.2 Å². The molecule has 0 aliphatic carbocycles. The van der Waals surface area contributed by atoms with Crippen molar-refractivity contribution in [3.05, 3.63) is 82.9 Å². The lowest BCUT2D eigenvalue weighted by molar-refractivity contribution is 0.102. The van der Waals surface area contributed by atoms with Crippen LogP contribution in [0.25, 0.3) is 0 Å². The molecule has 3 aromatic carbocycles. The molecule has 0 radical (unpaired) electrons. The van der Waals surface area contributed by atoms with Crippen molar-refractivity contribution in [1.82, 2.24) is 0 Å². The number of nitrogens with zero attached hydrogens (tertiary/aromatic N) is 1. The molecular formula is C22H21ClN2O4S. The predicted molar refractivity (Wildman–Crippen MR) is 119 cm³/mol. The Hall–Kier alpha value is -3.03. The average Bonchev–Trinajstić information content (AvgIpc) is 2.73. The zero-order chi connectivity index (χ0) is 21.9. The first-order valence-corrected chi connectivity index (χ1v) is 10.9. The maximum Gasteiger partial charge on any atom is 0.264 e. The lowest BCUT2D eigenvalue weighted by Crippen LogP contribution is -2.27. The zero-order valence-corrected chi connectivity index (χ0v) is 18.3. The number of methoxy groups -OCH3 is 1. The van der Waals surface area contributed by atoms with Gasteiger partial charge in [0.25, 0.3) is 15.9 Å². The van der Waals surface area contributed by atoms with Crippen LogP contribution in [0, 0.1) is 6.92 Å². The molecule has 3 aromatic rings. The third-order valence-corrected chi connectivity index (χ3v) is 6.66. The molecule has 0 spiro atoms. The number of nitrogens with one attached hydrogen (secondary N) is 1. The topological polar surface area (TPSA) is 75.7 Å². The minimum Gasteiger partial charge on any atom is -0.495 e. The fourth-order valence-corrected chi connectivity index (χ4v) is 4.37. The van der Waals surface area contributed by atoms with E-state index in [1.807, 2.05) is 6.07 Å². The molecule has 1 amide bonds. The highest BCUT2D eigenvalue weighted by Crippen LogP contribution is 2.28. The quantitative estimate of drug-likeness (QED) is 0.596. The van der Waals surface area contributed by atoms with Gasteiger partial charge >= 0.3 is 0 Å². The summed E-state index contributed by atoms with van der Waals surface area (Å²) in [6.07, 6.45) is 0. The number of hydrogen-bond acceptors (Lipinski definition) is 4. The SMILES string of the molecule is COc1ccccc1NC(=O)c1ccc(N(C)S(=O)(=O)c2ccc(Cl)cc2)c(C)c1. The minimum absolute atomic E-state index is 0.131. The van der Waals surface area contributed by atoms with Crippen molar-refractivity contribution in [2.24, 2.45) is 0 Å². The van der Waals surface area contributed by atoms with Crippen LogP contribution in [-0.2, 0) is 10.0 Å². The molecule has 30 heavy (non-hydrogen) atoms. The van der Waals surface area contributed by atoms with Crippen molar-refractivity contribution >= 4 is 38.9 Å². The second kappa shape index (κ2) is 8.77. The molecule has 0 fully saturated rings. The summed E-state index contributed by atoms with van der Waals surface area (Å²) >= 11 is 5.85. The smallest absolute Gasteiger partial charge is 0.264 e. The van der Waals surface area contributed by atoms with E-state index in [4.69, 9.17) is 16.3 Å². The van der Waals surface area contributed by atoms with Gasteiger partial charge in [0.1, 0.15) is 5.75 Å². The molecule has 8 heteroatoms. The molecule has 0 atom stereocenters. The maximum atomic E-state index is 12.9. The molecule has 0 aliphatic rings. The first-order valence-electron chi connectivity index (χ1n) is 9.03. The lowest BCUT2D eigenvalue weighted by Gasteiger charge is -2.22. The van der Waals surface area contributed by atoms with Crippen molar-refractivity contribution in [1.29, 1.82) is 0 Å². The van der Waals surface area contributed by atoms with Gasteiger partial charge in [0.05, 0.1) is 23.4 Å². The van der Waals surface area contributed by atoms with Crippen LogP contribution in [0.15, 0.2) is 71.6 Å². The van der Waals surface area contributed by atoms with Crippen LogP contribution < -0.4 is 14.4 Å². The van der Waals surface area contributed by atoms with Gasteiger partial charge in [-0.2, -0.15) is 0 Å². The summed E-state index contributed by atoms with van der Waals surface area (Å²) in [4.78, 5) is 12.8. The van der Waals surface area contributed by atoms with Gasteiger partial charge in [0.2, 0.25) is 0 Å². The van der Waals surface area contributed by atoms with Gasteiger partial charge in [-0.25, -0.2) is 8.42 Å². The molecule has 3 rings (SSSR count). The van der Waals surface area contributed by atoms with Crippen molar-refractivity contribution < 1.29 is 17.9 Å². The van der Waals surface area contributed by atoms with E-state index in [2.05, 4.69) is 5.32 Å². The normalized spacial score (nSPS) is 11.1. The Labute approximate surface area is 181 Å². The van der Waals surface area contributed by atoms with Crippen molar-refractivity contribution in [2.75, 3.05) is 23.8 Å². The number of sulfonamides is 1. The number of amides is 1. The van der Waals surface area contributed by atoms with Gasteiger partial charge in [0.15, 0.2) is 0 Å². The molecule has 156 valence electrons. The fourth-order valence-electron chi connectivity index (χ4n) is 2.99. The largest absolute Gasteiger partial charge is 0.495 e. The van der Waals surface area contributed by atoms with Crippen LogP contribution in [0.1, 0.15) is 15.9 Å². The summed E-state index contributed by atoms with van der Waals surface area (Å²) in [6, 6.07) is 17.9. The van der Waals surface area contributed by atoms with Gasteiger partial charge in [0, 0.05) is 17.6 Å². The van der Waals surface area contributed by atoms with Gasteiger partial charge in [-0.05, 0) is 67.1 Å².